The minimum Gasteiger partial charge on any atom is -0.452 e. The van der Waals surface area contributed by atoms with Gasteiger partial charge >= 0.3 is 0 Å². The number of rotatable bonds is 6. The molecule has 3 aliphatic rings. The number of benzene rings is 5. The number of hydrogen-bond acceptors (Lipinski definition) is 7. The number of quaternary nitrogens is 1. The third kappa shape index (κ3) is 4.53. The summed E-state index contributed by atoms with van der Waals surface area (Å²) in [7, 11) is 2.03. The lowest BCUT2D eigenvalue weighted by Crippen LogP contribution is -2.71. The molecule has 2 N–H and O–H groups in total. The van der Waals surface area contributed by atoms with Gasteiger partial charge in [0.2, 0.25) is 0 Å². The highest BCUT2D eigenvalue weighted by Gasteiger charge is 2.60. The van der Waals surface area contributed by atoms with Crippen LogP contribution < -0.4 is 25.4 Å². The maximum absolute atomic E-state index is 14.3. The maximum Gasteiger partial charge on any atom is 0.265 e. The Balaban J connectivity index is 1.06. The first kappa shape index (κ1) is 32.8. The van der Waals surface area contributed by atoms with Gasteiger partial charge in [0, 0.05) is 88.6 Å². The number of anilines is 3. The SMILES string of the molecule is CCN(CC)c1ccc2nc3c(cc([NH2+]c4ccc(N5C(=O)C6=C(C5=O)C(C)(C)[C@@]5(C)C(=C6)N(C)c6ccccc65)cc4)c4ccc(=O)cc43)oc2c1. The van der Waals surface area contributed by atoms with Crippen molar-refractivity contribution in [2.75, 3.05) is 34.8 Å². The number of nitrogens with zero attached hydrogens (tertiary/aromatic N) is 4. The third-order valence-corrected chi connectivity index (χ3v) is 12.0. The average molecular weight is 703 g/mol. The summed E-state index contributed by atoms with van der Waals surface area (Å²) in [5.74, 6) is -0.595. The molecule has 2 aliphatic heterocycles. The van der Waals surface area contributed by atoms with E-state index in [1.165, 1.54) is 4.90 Å². The number of likely N-dealkylation sites (N-methyl/N-ethyl adjacent to an activating group) is 1. The molecule has 3 heterocycles. The van der Waals surface area contributed by atoms with E-state index in [0.717, 1.165) is 52.5 Å². The van der Waals surface area contributed by atoms with Gasteiger partial charge in [-0.05, 0) is 80.9 Å². The van der Waals surface area contributed by atoms with Gasteiger partial charge in [0.05, 0.1) is 11.3 Å². The van der Waals surface area contributed by atoms with Crippen molar-refractivity contribution >= 4 is 73.2 Å². The lowest BCUT2D eigenvalue weighted by Gasteiger charge is -2.46. The van der Waals surface area contributed by atoms with E-state index in [-0.39, 0.29) is 17.2 Å². The molecule has 1 aliphatic carbocycles. The standard InChI is InChI=1S/C44H39N5O4/c1-7-48(8-2)27-17-20-33-36(21-27)53-37-24-34(29-19-18-28(50)22-30(29)40(37)46-33)45-25-13-15-26(16-14-25)49-41(51)31-23-38-44(5,43(3,4)39(31)42(49)52)32-11-9-10-12-35(32)47(38)6/h9-24,45H,7-8H2,1-6H3/p+1/t44-/m1/s1. The fourth-order valence-corrected chi connectivity index (χ4v) is 8.90. The molecule has 53 heavy (non-hydrogen) atoms. The Morgan fingerprint density at radius 1 is 0.811 bits per heavy atom. The van der Waals surface area contributed by atoms with E-state index in [9.17, 15) is 14.4 Å². The van der Waals surface area contributed by atoms with Crippen LogP contribution in [-0.2, 0) is 15.0 Å². The molecule has 2 amide bonds. The summed E-state index contributed by atoms with van der Waals surface area (Å²) in [5, 5.41) is 3.59. The molecule has 9 heteroatoms. The van der Waals surface area contributed by atoms with Crippen LogP contribution in [-0.4, -0.2) is 36.9 Å². The molecular weight excluding hydrogens is 663 g/mol. The molecule has 0 saturated heterocycles. The Bertz CT molecular complexity index is 2700. The second-order valence-corrected chi connectivity index (χ2v) is 14.9. The van der Waals surface area contributed by atoms with Gasteiger partial charge in [-0.1, -0.05) is 32.0 Å². The number of amides is 2. The van der Waals surface area contributed by atoms with Crippen LogP contribution >= 0.6 is 0 Å². The van der Waals surface area contributed by atoms with Crippen LogP contribution in [0, 0.1) is 5.41 Å². The fraction of sp³-hybridized carbons (Fsp3) is 0.227. The molecule has 264 valence electrons. The molecule has 0 saturated carbocycles. The number of para-hydroxylation sites is 1. The highest BCUT2D eigenvalue weighted by molar-refractivity contribution is 6.34. The predicted molar refractivity (Wildman–Crippen MR) is 210 cm³/mol. The second kappa shape index (κ2) is 11.5. The lowest BCUT2D eigenvalue weighted by atomic mass is 9.56. The smallest absolute Gasteiger partial charge is 0.265 e. The van der Waals surface area contributed by atoms with Crippen molar-refractivity contribution in [3.05, 3.63) is 130 Å². The van der Waals surface area contributed by atoms with Gasteiger partial charge < -0.3 is 14.2 Å². The highest BCUT2D eigenvalue weighted by Crippen LogP contribution is 2.62. The Morgan fingerprint density at radius 2 is 1.57 bits per heavy atom. The van der Waals surface area contributed by atoms with E-state index >= 15 is 0 Å². The molecule has 1 aromatic heterocycles. The van der Waals surface area contributed by atoms with Gasteiger partial charge in [-0.15, -0.1) is 0 Å². The molecule has 0 radical (unpaired) electrons. The lowest BCUT2D eigenvalue weighted by molar-refractivity contribution is -0.476. The Hall–Kier alpha value is -6.06. The van der Waals surface area contributed by atoms with Crippen LogP contribution in [0.15, 0.2) is 123 Å². The Morgan fingerprint density at radius 3 is 2.32 bits per heavy atom. The number of allylic oxidation sites excluding steroid dienone is 1. The highest BCUT2D eigenvalue weighted by atomic mass is 16.3. The van der Waals surface area contributed by atoms with Crippen LogP contribution in [0.1, 0.15) is 40.2 Å². The summed E-state index contributed by atoms with van der Waals surface area (Å²) in [4.78, 5) is 51.7. The molecule has 0 bridgehead atoms. The Kier molecular flexibility index (Phi) is 7.10. The maximum atomic E-state index is 14.3. The minimum absolute atomic E-state index is 0.109. The summed E-state index contributed by atoms with van der Waals surface area (Å²) in [5.41, 5.74) is 8.88. The number of imide groups is 1. The predicted octanol–water partition coefficient (Wildman–Crippen LogP) is 7.37. The second-order valence-electron chi connectivity index (χ2n) is 14.9. The number of fused-ring (bicyclic) bond motifs is 7. The Labute approximate surface area is 306 Å². The largest absolute Gasteiger partial charge is 0.452 e. The zero-order valence-corrected chi connectivity index (χ0v) is 30.7. The first-order chi connectivity index (χ1) is 25.5. The van der Waals surface area contributed by atoms with Gasteiger partial charge in [-0.25, -0.2) is 9.88 Å². The van der Waals surface area contributed by atoms with E-state index in [1.54, 1.807) is 12.1 Å². The monoisotopic (exact) mass is 702 g/mol. The van der Waals surface area contributed by atoms with Crippen LogP contribution in [0.3, 0.4) is 0 Å². The molecule has 9 nitrogen and oxygen atoms in total. The van der Waals surface area contributed by atoms with Crippen LogP contribution in [0.4, 0.5) is 28.4 Å². The van der Waals surface area contributed by atoms with Crippen LogP contribution in [0.25, 0.3) is 33.0 Å². The quantitative estimate of drug-likeness (QED) is 0.0837. The van der Waals surface area contributed by atoms with E-state index in [2.05, 4.69) is 56.6 Å². The van der Waals surface area contributed by atoms with E-state index in [1.807, 2.05) is 85.2 Å². The van der Waals surface area contributed by atoms with Crippen molar-refractivity contribution in [1.29, 1.82) is 0 Å². The molecule has 0 unspecified atom stereocenters. The molecule has 6 aromatic rings. The van der Waals surface area contributed by atoms with E-state index in [4.69, 9.17) is 9.40 Å². The number of carbonyl (C=O) groups excluding carboxylic acids is 2. The van der Waals surface area contributed by atoms with Gasteiger partial charge in [0.1, 0.15) is 22.4 Å². The van der Waals surface area contributed by atoms with Crippen molar-refractivity contribution in [2.45, 2.75) is 40.0 Å². The van der Waals surface area contributed by atoms with Gasteiger partial charge in [0.15, 0.2) is 16.6 Å². The van der Waals surface area contributed by atoms with E-state index < -0.39 is 10.8 Å². The zero-order chi connectivity index (χ0) is 37.0. The minimum atomic E-state index is -0.651. The summed E-state index contributed by atoms with van der Waals surface area (Å²) >= 11 is 0. The average Bonchev–Trinajstić information content (AvgIpc) is 3.54. The molecular formula is C44H40N5O4+. The van der Waals surface area contributed by atoms with Gasteiger partial charge in [0.25, 0.3) is 11.8 Å². The van der Waals surface area contributed by atoms with Crippen molar-refractivity contribution in [3.8, 4) is 0 Å². The first-order valence-electron chi connectivity index (χ1n) is 18.2. The first-order valence-corrected chi connectivity index (χ1v) is 18.2. The normalized spacial score (nSPS) is 18.9. The molecule has 9 rings (SSSR count). The van der Waals surface area contributed by atoms with Gasteiger partial charge in [-0.2, -0.15) is 0 Å². The summed E-state index contributed by atoms with van der Waals surface area (Å²) in [6, 6.07) is 28.7. The molecule has 0 fully saturated rings. The molecule has 0 spiro atoms. The van der Waals surface area contributed by atoms with Crippen molar-refractivity contribution in [3.63, 3.8) is 0 Å². The number of carbonyl (C=O) groups is 2. The van der Waals surface area contributed by atoms with E-state index in [0.29, 0.717) is 44.4 Å². The molecule has 5 aromatic carbocycles. The van der Waals surface area contributed by atoms with Crippen molar-refractivity contribution < 1.29 is 19.3 Å². The van der Waals surface area contributed by atoms with Crippen molar-refractivity contribution in [2.24, 2.45) is 5.41 Å². The van der Waals surface area contributed by atoms with Crippen LogP contribution in [0.5, 0.6) is 0 Å². The summed E-state index contributed by atoms with van der Waals surface area (Å²) < 4.78 is 6.48. The number of nitrogens with two attached hydrogens (primary N) is 1. The fourth-order valence-electron chi connectivity index (χ4n) is 8.90. The van der Waals surface area contributed by atoms with Gasteiger partial charge in [-0.3, -0.25) is 19.7 Å². The third-order valence-electron chi connectivity index (χ3n) is 12.0. The topological polar surface area (TPSA) is 104 Å². The van der Waals surface area contributed by atoms with Crippen LogP contribution in [0.2, 0.25) is 0 Å². The molecule has 1 atom stereocenters. The number of hydrogen-bond donors (Lipinski definition) is 1. The zero-order valence-electron chi connectivity index (χ0n) is 30.7. The van der Waals surface area contributed by atoms with Crippen molar-refractivity contribution in [1.82, 2.24) is 4.98 Å². The summed E-state index contributed by atoms with van der Waals surface area (Å²) in [6.45, 7) is 12.3. The number of aromatic nitrogens is 1. The summed E-state index contributed by atoms with van der Waals surface area (Å²) in [6.07, 6.45) is 1.93.